The molecule has 4 aliphatic rings. The van der Waals surface area contributed by atoms with Crippen molar-refractivity contribution in [3.05, 3.63) is 82.9 Å². The molecule has 2 saturated carbocycles. The van der Waals surface area contributed by atoms with Crippen LogP contribution in [0.2, 0.25) is 0 Å². The number of rotatable bonds is 7. The monoisotopic (exact) mass is 676 g/mol. The number of carbonyl (C=O) groups is 4. The van der Waals surface area contributed by atoms with Crippen molar-refractivity contribution in [2.45, 2.75) is 102 Å². The zero-order valence-corrected chi connectivity index (χ0v) is 28.4. The average molecular weight is 677 g/mol. The Morgan fingerprint density at radius 2 is 1.59 bits per heavy atom. The van der Waals surface area contributed by atoms with Gasteiger partial charge in [-0.1, -0.05) is 62.4 Å². The number of ketones is 1. The summed E-state index contributed by atoms with van der Waals surface area (Å²) >= 11 is 0. The summed E-state index contributed by atoms with van der Waals surface area (Å²) < 4.78 is 24.1. The quantitative estimate of drug-likeness (QED) is 0.224. The van der Waals surface area contributed by atoms with Crippen LogP contribution in [0.15, 0.2) is 71.8 Å². The molecule has 262 valence electrons. The van der Waals surface area contributed by atoms with Gasteiger partial charge in [-0.05, 0) is 49.1 Å². The molecule has 0 spiro atoms. The van der Waals surface area contributed by atoms with E-state index >= 15 is 0 Å². The molecule has 2 aromatic rings. The van der Waals surface area contributed by atoms with E-state index in [0.717, 1.165) is 5.56 Å². The Morgan fingerprint density at radius 3 is 2.18 bits per heavy atom. The molecule has 9 atom stereocenters. The van der Waals surface area contributed by atoms with Crippen LogP contribution in [0, 0.1) is 16.7 Å². The van der Waals surface area contributed by atoms with Crippen LogP contribution in [0.25, 0.3) is 0 Å². The lowest BCUT2D eigenvalue weighted by atomic mass is 9.44. The van der Waals surface area contributed by atoms with Crippen molar-refractivity contribution in [3.8, 4) is 0 Å². The van der Waals surface area contributed by atoms with Gasteiger partial charge >= 0.3 is 17.9 Å². The van der Waals surface area contributed by atoms with Crippen LogP contribution >= 0.6 is 0 Å². The lowest BCUT2D eigenvalue weighted by Gasteiger charge is -2.67. The van der Waals surface area contributed by atoms with E-state index in [9.17, 15) is 34.5 Å². The maximum Gasteiger partial charge on any atom is 0.338 e. The third-order valence-electron chi connectivity index (χ3n) is 11.7. The van der Waals surface area contributed by atoms with Gasteiger partial charge in [0.05, 0.1) is 29.6 Å². The minimum absolute atomic E-state index is 0.0281. The van der Waals surface area contributed by atoms with Crippen LogP contribution in [0.5, 0.6) is 0 Å². The number of aliphatic hydroxyl groups excluding tert-OH is 2. The summed E-state index contributed by atoms with van der Waals surface area (Å²) in [5.74, 6) is -4.29. The van der Waals surface area contributed by atoms with Gasteiger partial charge in [0, 0.05) is 31.6 Å². The molecule has 2 bridgehead atoms. The molecule has 49 heavy (non-hydrogen) atoms. The van der Waals surface area contributed by atoms with Gasteiger partial charge in [-0.15, -0.1) is 0 Å². The Hall–Kier alpha value is -3.90. The van der Waals surface area contributed by atoms with Gasteiger partial charge in [0.15, 0.2) is 11.4 Å². The Morgan fingerprint density at radius 1 is 0.959 bits per heavy atom. The zero-order chi connectivity index (χ0) is 35.5. The summed E-state index contributed by atoms with van der Waals surface area (Å²) in [5.41, 5.74) is -5.55. The third-order valence-corrected chi connectivity index (χ3v) is 11.7. The maximum absolute atomic E-state index is 14.7. The van der Waals surface area contributed by atoms with Crippen LogP contribution in [0.3, 0.4) is 0 Å². The fourth-order valence-corrected chi connectivity index (χ4v) is 8.88. The molecule has 3 aliphatic carbocycles. The molecule has 11 heteroatoms. The molecule has 3 N–H and O–H groups in total. The number of aliphatic hydroxyl groups is 3. The number of ether oxygens (including phenoxy) is 4. The number of hydrogen-bond donors (Lipinski definition) is 3. The molecule has 0 amide bonds. The first-order valence-electron chi connectivity index (χ1n) is 16.7. The lowest BCUT2D eigenvalue weighted by Crippen LogP contribution is -2.81. The highest BCUT2D eigenvalue weighted by molar-refractivity contribution is 5.94. The predicted octanol–water partition coefficient (Wildman–Crippen LogP) is 3.27. The summed E-state index contributed by atoms with van der Waals surface area (Å²) in [6.07, 6.45) is -6.91. The van der Waals surface area contributed by atoms with Crippen molar-refractivity contribution < 1.29 is 53.4 Å². The molecule has 1 heterocycles. The largest absolute Gasteiger partial charge is 0.458 e. The Bertz CT molecular complexity index is 1670. The number of carbonyl (C=O) groups excluding carboxylic acids is 4. The van der Waals surface area contributed by atoms with Crippen LogP contribution < -0.4 is 0 Å². The molecule has 6 rings (SSSR count). The second-order valence-electron chi connectivity index (χ2n) is 14.6. The summed E-state index contributed by atoms with van der Waals surface area (Å²) in [4.78, 5) is 54.7. The lowest BCUT2D eigenvalue weighted by molar-refractivity contribution is -0.345. The van der Waals surface area contributed by atoms with Crippen LogP contribution in [-0.4, -0.2) is 87.3 Å². The average Bonchev–Trinajstić information content (AvgIpc) is 3.06. The molecule has 11 nitrogen and oxygen atoms in total. The number of hydrogen-bond acceptors (Lipinski definition) is 11. The molecular formula is C38H44O11. The zero-order valence-electron chi connectivity index (χ0n) is 28.4. The smallest absolute Gasteiger partial charge is 0.338 e. The molecule has 5 unspecified atom stereocenters. The number of Topliss-reactive ketones (excluding diaryl/α,β-unsaturated/α-hetero) is 1. The van der Waals surface area contributed by atoms with Crippen molar-refractivity contribution in [1.29, 1.82) is 0 Å². The summed E-state index contributed by atoms with van der Waals surface area (Å²) in [6, 6.07) is 17.5. The van der Waals surface area contributed by atoms with E-state index in [-0.39, 0.29) is 37.0 Å². The highest BCUT2D eigenvalue weighted by Crippen LogP contribution is 2.64. The Balaban J connectivity index is 1.51. The first kappa shape index (κ1) is 34.9. The second kappa shape index (κ2) is 12.5. The highest BCUT2D eigenvalue weighted by Gasteiger charge is 2.78. The van der Waals surface area contributed by atoms with E-state index in [1.165, 1.54) is 26.0 Å². The SMILES string of the molecule is CC(=O)O[C@@]12COC1CC(O)C1(C)C(=O)C(O)C3=C(C)[C@@H](OC(=O)CCc4ccccc4)CC(O)([C@@H](OC(=O)c4ccccc4)[C@@H]12)C3(C)C. The van der Waals surface area contributed by atoms with Gasteiger partial charge in [-0.2, -0.15) is 0 Å². The van der Waals surface area contributed by atoms with Gasteiger partial charge < -0.3 is 34.3 Å². The second-order valence-corrected chi connectivity index (χ2v) is 14.6. The predicted molar refractivity (Wildman–Crippen MR) is 174 cm³/mol. The molecule has 1 saturated heterocycles. The van der Waals surface area contributed by atoms with E-state index in [2.05, 4.69) is 0 Å². The Labute approximate surface area is 285 Å². The van der Waals surface area contributed by atoms with E-state index in [0.29, 0.717) is 12.0 Å². The molecule has 0 radical (unpaired) electrons. The standard InChI is InChI=1S/C38H44O11/c1-21-25(47-28(41)17-16-23-12-8-6-9-13-23)19-38(45)33(48-34(44)24-14-10-7-11-15-24)31-36(5,32(43)30(42)29(21)35(38,3)4)26(40)18-27-37(31,20-46-27)49-22(2)39/h6-15,25-27,30-31,33,40,42,45H,16-20H2,1-5H3/t25-,26?,27?,30?,31-,33-,36?,37-,38?/m0/s1. The van der Waals surface area contributed by atoms with Crippen molar-refractivity contribution >= 4 is 23.7 Å². The van der Waals surface area contributed by atoms with Gasteiger partial charge in [-0.25, -0.2) is 4.79 Å². The molecule has 0 aromatic heterocycles. The van der Waals surface area contributed by atoms with Crippen molar-refractivity contribution in [2.75, 3.05) is 6.61 Å². The molecular weight excluding hydrogens is 632 g/mol. The van der Waals surface area contributed by atoms with E-state index in [4.69, 9.17) is 18.9 Å². The number of fused-ring (bicyclic) bond motifs is 5. The van der Waals surface area contributed by atoms with Gasteiger partial charge in [-0.3, -0.25) is 14.4 Å². The van der Waals surface area contributed by atoms with Crippen LogP contribution in [0.1, 0.15) is 69.8 Å². The van der Waals surface area contributed by atoms with E-state index in [1.54, 1.807) is 39.0 Å². The van der Waals surface area contributed by atoms with Crippen molar-refractivity contribution in [3.63, 3.8) is 0 Å². The van der Waals surface area contributed by atoms with Gasteiger partial charge in [0.25, 0.3) is 0 Å². The Kier molecular flexibility index (Phi) is 8.88. The minimum Gasteiger partial charge on any atom is -0.458 e. The number of benzene rings is 2. The first-order valence-corrected chi connectivity index (χ1v) is 16.7. The molecule has 2 aromatic carbocycles. The van der Waals surface area contributed by atoms with Crippen molar-refractivity contribution in [1.82, 2.24) is 0 Å². The topological polar surface area (TPSA) is 166 Å². The normalized spacial score (nSPS) is 36.2. The van der Waals surface area contributed by atoms with Crippen LogP contribution in [-0.2, 0) is 39.8 Å². The van der Waals surface area contributed by atoms with E-state index < -0.39 is 82.2 Å². The number of aryl methyl sites for hydroxylation is 1. The molecule has 1 aliphatic heterocycles. The minimum atomic E-state index is -2.14. The molecule has 3 fully saturated rings. The third kappa shape index (κ3) is 5.42. The summed E-state index contributed by atoms with van der Waals surface area (Å²) in [7, 11) is 0. The fourth-order valence-electron chi connectivity index (χ4n) is 8.88. The first-order chi connectivity index (χ1) is 23.1. The summed E-state index contributed by atoms with van der Waals surface area (Å²) in [6.45, 7) is 7.35. The highest BCUT2D eigenvalue weighted by atomic mass is 16.6. The maximum atomic E-state index is 14.7. The van der Waals surface area contributed by atoms with Gasteiger partial charge in [0.2, 0.25) is 0 Å². The van der Waals surface area contributed by atoms with Crippen molar-refractivity contribution in [2.24, 2.45) is 16.7 Å². The summed E-state index contributed by atoms with van der Waals surface area (Å²) in [5, 5.41) is 37.0. The van der Waals surface area contributed by atoms with E-state index in [1.807, 2.05) is 30.3 Å². The fraction of sp³-hybridized carbons (Fsp3) is 0.526. The van der Waals surface area contributed by atoms with Crippen LogP contribution in [0.4, 0.5) is 0 Å². The van der Waals surface area contributed by atoms with Gasteiger partial charge in [0.1, 0.15) is 30.0 Å². The number of esters is 3.